The van der Waals surface area contributed by atoms with Crippen molar-refractivity contribution in [3.63, 3.8) is 0 Å². The van der Waals surface area contributed by atoms with Gasteiger partial charge in [0.05, 0.1) is 18.6 Å². The van der Waals surface area contributed by atoms with Gasteiger partial charge in [-0.05, 0) is 51.9 Å². The summed E-state index contributed by atoms with van der Waals surface area (Å²) in [5.41, 5.74) is 1.85. The van der Waals surface area contributed by atoms with Crippen LogP contribution in [-0.2, 0) is 0 Å². The molecule has 1 aliphatic heterocycles. The van der Waals surface area contributed by atoms with Crippen LogP contribution < -0.4 is 9.47 Å². The van der Waals surface area contributed by atoms with Crippen molar-refractivity contribution in [2.75, 3.05) is 13.2 Å². The van der Waals surface area contributed by atoms with Crippen LogP contribution in [0.2, 0.25) is 5.02 Å². The van der Waals surface area contributed by atoms with Crippen LogP contribution in [0, 0.1) is 3.57 Å². The topological polar surface area (TPSA) is 18.5 Å². The monoisotopic (exact) mass is 434 g/mol. The lowest BCUT2D eigenvalue weighted by atomic mass is 10.0. The molecule has 110 valence electrons. The van der Waals surface area contributed by atoms with Crippen LogP contribution in [0.4, 0.5) is 0 Å². The fourth-order valence-corrected chi connectivity index (χ4v) is 3.44. The van der Waals surface area contributed by atoms with Crippen molar-refractivity contribution < 1.29 is 9.47 Å². The summed E-state index contributed by atoms with van der Waals surface area (Å²) in [4.78, 5) is 0. The second-order valence-corrected chi connectivity index (χ2v) is 6.88. The number of hydrogen-bond donors (Lipinski definition) is 0. The Kier molecular flexibility index (Phi) is 4.82. The van der Waals surface area contributed by atoms with Gasteiger partial charge in [-0.2, -0.15) is 0 Å². The molecule has 1 atom stereocenters. The Balaban J connectivity index is 2.00. The van der Waals surface area contributed by atoms with E-state index < -0.39 is 0 Å². The van der Waals surface area contributed by atoms with Crippen molar-refractivity contribution in [1.82, 2.24) is 0 Å². The normalized spacial score (nSPS) is 15.4. The van der Waals surface area contributed by atoms with E-state index in [0.29, 0.717) is 29.7 Å². The Morgan fingerprint density at radius 1 is 1.05 bits per heavy atom. The molecule has 0 amide bonds. The van der Waals surface area contributed by atoms with Gasteiger partial charge in [-0.15, -0.1) is 11.6 Å². The van der Waals surface area contributed by atoms with Gasteiger partial charge >= 0.3 is 0 Å². The Bertz CT molecular complexity index is 661. The quantitative estimate of drug-likeness (QED) is 0.463. The van der Waals surface area contributed by atoms with E-state index in [-0.39, 0.29) is 5.38 Å². The van der Waals surface area contributed by atoms with Gasteiger partial charge in [-0.1, -0.05) is 23.7 Å². The number of ether oxygens (including phenoxy) is 2. The summed E-state index contributed by atoms with van der Waals surface area (Å²) < 4.78 is 12.5. The summed E-state index contributed by atoms with van der Waals surface area (Å²) in [6, 6.07) is 11.8. The molecule has 0 fully saturated rings. The van der Waals surface area contributed by atoms with Crippen LogP contribution in [0.1, 0.15) is 22.9 Å². The van der Waals surface area contributed by atoms with Crippen molar-refractivity contribution in [2.24, 2.45) is 0 Å². The summed E-state index contributed by atoms with van der Waals surface area (Å²) in [5, 5.41) is 0.280. The molecule has 0 radical (unpaired) electrons. The molecular formula is C16H13Cl2IO2. The standard InChI is InChI=1S/C16H13Cl2IO2/c17-13-9-15-14(20-5-2-6-21-15)8-12(13)16(18)10-3-1-4-11(19)7-10/h1,3-4,7-9,16H,2,5-6H2. The minimum Gasteiger partial charge on any atom is -0.490 e. The maximum Gasteiger partial charge on any atom is 0.162 e. The minimum atomic E-state index is -0.315. The summed E-state index contributed by atoms with van der Waals surface area (Å²) in [5.74, 6) is 1.40. The van der Waals surface area contributed by atoms with E-state index in [2.05, 4.69) is 28.7 Å². The van der Waals surface area contributed by atoms with E-state index in [1.807, 2.05) is 24.3 Å². The van der Waals surface area contributed by atoms with Crippen LogP contribution in [0.3, 0.4) is 0 Å². The van der Waals surface area contributed by atoms with E-state index >= 15 is 0 Å². The highest BCUT2D eigenvalue weighted by Crippen LogP contribution is 2.41. The fourth-order valence-electron chi connectivity index (χ4n) is 2.24. The van der Waals surface area contributed by atoms with Crippen molar-refractivity contribution in [3.8, 4) is 11.5 Å². The van der Waals surface area contributed by atoms with Crippen molar-refractivity contribution >= 4 is 45.8 Å². The smallest absolute Gasteiger partial charge is 0.162 e. The molecule has 0 spiro atoms. The van der Waals surface area contributed by atoms with Crippen molar-refractivity contribution in [1.29, 1.82) is 0 Å². The predicted octanol–water partition coefficient (Wildman–Crippen LogP) is 5.43. The molecular weight excluding hydrogens is 422 g/mol. The molecule has 0 aromatic heterocycles. The SMILES string of the molecule is Clc1cc2c(cc1C(Cl)c1cccc(I)c1)OCCCO2. The zero-order chi connectivity index (χ0) is 14.8. The third-order valence-electron chi connectivity index (χ3n) is 3.28. The Labute approximate surface area is 147 Å². The maximum atomic E-state index is 6.61. The molecule has 2 aromatic rings. The summed E-state index contributed by atoms with van der Waals surface area (Å²) in [6.07, 6.45) is 0.864. The first-order valence-electron chi connectivity index (χ1n) is 6.64. The number of fused-ring (bicyclic) bond motifs is 1. The highest BCUT2D eigenvalue weighted by atomic mass is 127. The Morgan fingerprint density at radius 3 is 2.48 bits per heavy atom. The summed E-state index contributed by atoms with van der Waals surface area (Å²) in [7, 11) is 0. The average Bonchev–Trinajstić information content (AvgIpc) is 2.70. The molecule has 0 N–H and O–H groups in total. The third kappa shape index (κ3) is 3.41. The van der Waals surface area contributed by atoms with Crippen LogP contribution in [0.5, 0.6) is 11.5 Å². The molecule has 1 heterocycles. The largest absolute Gasteiger partial charge is 0.490 e. The van der Waals surface area contributed by atoms with Gasteiger partial charge in [0.25, 0.3) is 0 Å². The van der Waals surface area contributed by atoms with Crippen molar-refractivity contribution in [2.45, 2.75) is 11.8 Å². The van der Waals surface area contributed by atoms with E-state index in [1.54, 1.807) is 6.07 Å². The fraction of sp³-hybridized carbons (Fsp3) is 0.250. The predicted molar refractivity (Wildman–Crippen MR) is 93.9 cm³/mol. The molecule has 5 heteroatoms. The number of hydrogen-bond acceptors (Lipinski definition) is 2. The molecule has 3 rings (SSSR count). The first-order chi connectivity index (χ1) is 10.1. The van der Waals surface area contributed by atoms with E-state index in [0.717, 1.165) is 21.1 Å². The second-order valence-electron chi connectivity index (χ2n) is 4.79. The van der Waals surface area contributed by atoms with Crippen LogP contribution in [0.25, 0.3) is 0 Å². The molecule has 0 saturated heterocycles. The second kappa shape index (κ2) is 6.63. The zero-order valence-corrected chi connectivity index (χ0v) is 14.8. The zero-order valence-electron chi connectivity index (χ0n) is 11.1. The van der Waals surface area contributed by atoms with Gasteiger partial charge in [-0.3, -0.25) is 0 Å². The molecule has 2 aromatic carbocycles. The number of rotatable bonds is 2. The van der Waals surface area contributed by atoms with Crippen LogP contribution in [-0.4, -0.2) is 13.2 Å². The van der Waals surface area contributed by atoms with Crippen LogP contribution >= 0.6 is 45.8 Å². The van der Waals surface area contributed by atoms with E-state index in [1.165, 1.54) is 0 Å². The van der Waals surface area contributed by atoms with Crippen LogP contribution in [0.15, 0.2) is 36.4 Å². The molecule has 1 unspecified atom stereocenters. The Morgan fingerprint density at radius 2 is 1.76 bits per heavy atom. The van der Waals surface area contributed by atoms with Gasteiger partial charge in [0.15, 0.2) is 11.5 Å². The molecule has 0 saturated carbocycles. The van der Waals surface area contributed by atoms with Gasteiger partial charge in [0.1, 0.15) is 0 Å². The van der Waals surface area contributed by atoms with Gasteiger partial charge in [0, 0.05) is 21.1 Å². The molecule has 0 aliphatic carbocycles. The molecule has 1 aliphatic rings. The molecule has 2 nitrogen and oxygen atoms in total. The summed E-state index contributed by atoms with van der Waals surface area (Å²) >= 11 is 15.3. The van der Waals surface area contributed by atoms with E-state index in [9.17, 15) is 0 Å². The highest BCUT2D eigenvalue weighted by Gasteiger charge is 2.20. The number of benzene rings is 2. The number of alkyl halides is 1. The lowest BCUT2D eigenvalue weighted by Gasteiger charge is -2.16. The van der Waals surface area contributed by atoms with Crippen molar-refractivity contribution in [3.05, 3.63) is 56.1 Å². The van der Waals surface area contributed by atoms with Gasteiger partial charge < -0.3 is 9.47 Å². The lowest BCUT2D eigenvalue weighted by Crippen LogP contribution is -1.98. The minimum absolute atomic E-state index is 0.315. The Hall–Kier alpha value is -0.650. The first-order valence-corrected chi connectivity index (χ1v) is 8.53. The highest BCUT2D eigenvalue weighted by molar-refractivity contribution is 14.1. The number of halogens is 3. The maximum absolute atomic E-state index is 6.61. The third-order valence-corrected chi connectivity index (χ3v) is 4.77. The molecule has 21 heavy (non-hydrogen) atoms. The molecule has 0 bridgehead atoms. The van der Waals surface area contributed by atoms with E-state index in [4.69, 9.17) is 32.7 Å². The van der Waals surface area contributed by atoms with Gasteiger partial charge in [0.2, 0.25) is 0 Å². The average molecular weight is 435 g/mol. The first kappa shape index (κ1) is 15.3. The summed E-state index contributed by atoms with van der Waals surface area (Å²) in [6.45, 7) is 1.29. The van der Waals surface area contributed by atoms with Gasteiger partial charge in [-0.25, -0.2) is 0 Å². The lowest BCUT2D eigenvalue weighted by molar-refractivity contribution is 0.297.